The highest BCUT2D eigenvalue weighted by molar-refractivity contribution is 7.91. The van der Waals surface area contributed by atoms with E-state index in [2.05, 4.69) is 10.3 Å². The number of alkyl halides is 3. The van der Waals surface area contributed by atoms with Crippen molar-refractivity contribution >= 4 is 21.3 Å². The van der Waals surface area contributed by atoms with Gasteiger partial charge in [0, 0.05) is 41.1 Å². The van der Waals surface area contributed by atoms with Gasteiger partial charge in [-0.2, -0.15) is 13.2 Å². The lowest BCUT2D eigenvalue weighted by Crippen LogP contribution is -2.47. The highest BCUT2D eigenvalue weighted by Gasteiger charge is 2.65. The summed E-state index contributed by atoms with van der Waals surface area (Å²) in [5, 5.41) is 2.38. The third-order valence-corrected chi connectivity index (χ3v) is 7.28. The van der Waals surface area contributed by atoms with Crippen LogP contribution >= 0.6 is 0 Å². The molecular formula is C22H25F4N3O4S. The van der Waals surface area contributed by atoms with Crippen LogP contribution in [0.15, 0.2) is 35.5 Å². The minimum absolute atomic E-state index is 0.0378. The third-order valence-electron chi connectivity index (χ3n) is 6.26. The van der Waals surface area contributed by atoms with Crippen molar-refractivity contribution in [1.82, 2.24) is 4.98 Å². The quantitative estimate of drug-likeness (QED) is 0.579. The first-order valence-corrected chi connectivity index (χ1v) is 12.2. The molecule has 0 spiro atoms. The molecule has 3 rings (SSSR count). The van der Waals surface area contributed by atoms with Gasteiger partial charge in [-0.1, -0.05) is 13.0 Å². The van der Waals surface area contributed by atoms with Gasteiger partial charge in [-0.3, -0.25) is 4.79 Å². The molecule has 1 saturated heterocycles. The van der Waals surface area contributed by atoms with Gasteiger partial charge in [-0.15, -0.1) is 0 Å². The van der Waals surface area contributed by atoms with Crippen LogP contribution in [-0.4, -0.2) is 46.3 Å². The number of nitrogens with one attached hydrogen (secondary N) is 2. The molecule has 1 aliphatic heterocycles. The smallest absolute Gasteiger partial charge is 0.417 e. The van der Waals surface area contributed by atoms with E-state index in [1.54, 1.807) is 0 Å². The lowest BCUT2D eigenvalue weighted by Gasteiger charge is -2.32. The van der Waals surface area contributed by atoms with Crippen LogP contribution in [0.1, 0.15) is 30.9 Å². The fourth-order valence-electron chi connectivity index (χ4n) is 4.16. The van der Waals surface area contributed by atoms with Gasteiger partial charge in [-0.25, -0.2) is 18.4 Å². The van der Waals surface area contributed by atoms with Crippen molar-refractivity contribution in [3.05, 3.63) is 47.4 Å². The fourth-order valence-corrected chi connectivity index (χ4v) is 4.77. The van der Waals surface area contributed by atoms with Gasteiger partial charge in [-0.05, 0) is 32.0 Å². The van der Waals surface area contributed by atoms with Gasteiger partial charge in [0.25, 0.3) is 5.91 Å². The summed E-state index contributed by atoms with van der Waals surface area (Å²) in [5.74, 6) is -3.82. The highest BCUT2D eigenvalue weighted by Crippen LogP contribution is 2.55. The second-order valence-electron chi connectivity index (χ2n) is 8.47. The number of benzene rings is 1. The summed E-state index contributed by atoms with van der Waals surface area (Å²) >= 11 is 0. The molecule has 0 bridgehead atoms. The molecule has 2 aromatic rings. The number of nitrogens with zero attached hydrogens (tertiary/aromatic N) is 1. The zero-order chi connectivity index (χ0) is 25.6. The molecule has 1 aliphatic rings. The minimum Gasteiger partial charge on any atom is -0.496 e. The van der Waals surface area contributed by atoms with Crippen LogP contribution < -0.4 is 10.1 Å². The Kier molecular flexibility index (Phi) is 6.70. The molecule has 2 heterocycles. The van der Waals surface area contributed by atoms with Crippen LogP contribution in [-0.2, 0) is 19.3 Å². The van der Waals surface area contributed by atoms with Crippen molar-refractivity contribution in [3.8, 4) is 5.75 Å². The minimum atomic E-state index is -4.80. The third kappa shape index (κ3) is 4.48. The summed E-state index contributed by atoms with van der Waals surface area (Å²) in [4.78, 5) is 17.1. The van der Waals surface area contributed by atoms with E-state index in [1.165, 1.54) is 45.4 Å². The molecular weight excluding hydrogens is 478 g/mol. The van der Waals surface area contributed by atoms with Crippen LogP contribution in [0.5, 0.6) is 5.75 Å². The maximum Gasteiger partial charge on any atom is 0.417 e. The average Bonchev–Trinajstić information content (AvgIpc) is 3.01. The lowest BCUT2D eigenvalue weighted by atomic mass is 9.76. The van der Waals surface area contributed by atoms with E-state index in [4.69, 9.17) is 14.3 Å². The summed E-state index contributed by atoms with van der Waals surface area (Å²) < 4.78 is 86.6. The number of aromatic nitrogens is 1. The van der Waals surface area contributed by atoms with Crippen LogP contribution in [0, 0.1) is 23.4 Å². The SMILES string of the molecule is COc1c([C@@H]2[C@@H](C(=O)Nc3ccnc([S@@](C)(=N)=O)c3)O[C@](C)(C(F)(F)F)[C@@H]2C)ccc(F)c1C. The number of anilines is 1. The van der Waals surface area contributed by atoms with Crippen molar-refractivity contribution in [2.75, 3.05) is 18.7 Å². The molecule has 34 heavy (non-hydrogen) atoms. The van der Waals surface area contributed by atoms with Crippen molar-refractivity contribution in [3.63, 3.8) is 0 Å². The Balaban J connectivity index is 2.08. The summed E-state index contributed by atoms with van der Waals surface area (Å²) in [6.45, 7) is 3.62. The molecule has 7 nitrogen and oxygen atoms in total. The van der Waals surface area contributed by atoms with Gasteiger partial charge in [0.15, 0.2) is 5.60 Å². The zero-order valence-electron chi connectivity index (χ0n) is 19.1. The highest BCUT2D eigenvalue weighted by atomic mass is 32.2. The Bertz CT molecular complexity index is 1220. The molecule has 1 aromatic heterocycles. The Morgan fingerprint density at radius 3 is 2.53 bits per heavy atom. The van der Waals surface area contributed by atoms with Crippen LogP contribution in [0.3, 0.4) is 0 Å². The second kappa shape index (κ2) is 8.81. The maximum absolute atomic E-state index is 14.1. The first-order valence-electron chi connectivity index (χ1n) is 10.2. The van der Waals surface area contributed by atoms with E-state index in [0.29, 0.717) is 0 Å². The summed E-state index contributed by atoms with van der Waals surface area (Å²) in [5.41, 5.74) is -2.27. The topological polar surface area (TPSA) is 101 Å². The Hall–Kier alpha value is -2.73. The van der Waals surface area contributed by atoms with Crippen molar-refractivity contribution in [2.24, 2.45) is 5.92 Å². The standard InChI is InChI=1S/C22H25F4N3O4S/c1-11-15(23)7-6-14(18(11)32-4)17-12(2)21(3,22(24,25)26)33-19(17)20(30)29-13-8-9-28-16(10-13)34(5,27)31/h6-10,12,17,19,27H,1-5H3,(H,28,29,30)/t12-,17-,19+,21+,34+/m1/s1. The summed E-state index contributed by atoms with van der Waals surface area (Å²) in [7, 11) is -1.92. The Labute approximate surface area is 194 Å². The van der Waals surface area contributed by atoms with Crippen molar-refractivity contribution < 1.29 is 36.0 Å². The molecule has 0 aliphatic carbocycles. The van der Waals surface area contributed by atoms with Crippen molar-refractivity contribution in [2.45, 2.75) is 49.6 Å². The van der Waals surface area contributed by atoms with Crippen LogP contribution in [0.25, 0.3) is 0 Å². The van der Waals surface area contributed by atoms with Gasteiger partial charge >= 0.3 is 6.18 Å². The van der Waals surface area contributed by atoms with E-state index < -0.39 is 51.2 Å². The number of rotatable bonds is 5. The van der Waals surface area contributed by atoms with Gasteiger partial charge in [0.05, 0.1) is 16.8 Å². The van der Waals surface area contributed by atoms with E-state index in [1.807, 2.05) is 0 Å². The van der Waals surface area contributed by atoms with Crippen LogP contribution in [0.4, 0.5) is 23.2 Å². The van der Waals surface area contributed by atoms with Gasteiger partial charge < -0.3 is 14.8 Å². The molecule has 12 heteroatoms. The number of methoxy groups -OCH3 is 1. The Morgan fingerprint density at radius 1 is 1.32 bits per heavy atom. The molecule has 1 fully saturated rings. The predicted molar refractivity (Wildman–Crippen MR) is 117 cm³/mol. The normalized spacial score (nSPS) is 26.7. The number of ether oxygens (including phenoxy) is 2. The predicted octanol–water partition coefficient (Wildman–Crippen LogP) is 4.65. The van der Waals surface area contributed by atoms with Crippen LogP contribution in [0.2, 0.25) is 0 Å². The lowest BCUT2D eigenvalue weighted by molar-refractivity contribution is -0.272. The van der Waals surface area contributed by atoms with Gasteiger partial charge in [0.2, 0.25) is 0 Å². The molecule has 0 unspecified atom stereocenters. The molecule has 1 amide bonds. The van der Waals surface area contributed by atoms with Crippen molar-refractivity contribution in [1.29, 1.82) is 4.78 Å². The largest absolute Gasteiger partial charge is 0.496 e. The summed E-state index contributed by atoms with van der Waals surface area (Å²) in [6.07, 6.45) is -4.04. The number of amides is 1. The number of hydrogen-bond donors (Lipinski definition) is 2. The van der Waals surface area contributed by atoms with E-state index in [0.717, 1.165) is 19.2 Å². The molecule has 186 valence electrons. The Morgan fingerprint density at radius 2 is 1.97 bits per heavy atom. The fraction of sp³-hybridized carbons (Fsp3) is 0.455. The first kappa shape index (κ1) is 25.9. The molecule has 5 atom stereocenters. The van der Waals surface area contributed by atoms with Gasteiger partial charge in [0.1, 0.15) is 22.7 Å². The van der Waals surface area contributed by atoms with E-state index in [9.17, 15) is 26.6 Å². The summed E-state index contributed by atoms with van der Waals surface area (Å²) in [6, 6.07) is 4.97. The number of halogens is 4. The number of carbonyl (C=O) groups is 1. The molecule has 2 N–H and O–H groups in total. The maximum atomic E-state index is 14.1. The monoisotopic (exact) mass is 503 g/mol. The molecule has 0 radical (unpaired) electrons. The second-order valence-corrected chi connectivity index (χ2v) is 10.6. The number of carbonyl (C=O) groups excluding carboxylic acids is 1. The number of hydrogen-bond acceptors (Lipinski definition) is 6. The molecule has 0 saturated carbocycles. The number of pyridine rings is 1. The average molecular weight is 504 g/mol. The zero-order valence-corrected chi connectivity index (χ0v) is 19.9. The van der Waals surface area contributed by atoms with E-state index in [-0.39, 0.29) is 27.6 Å². The van der Waals surface area contributed by atoms with E-state index >= 15 is 0 Å². The first-order chi connectivity index (χ1) is 15.6. The molecule has 1 aromatic carbocycles.